The van der Waals surface area contributed by atoms with Gasteiger partial charge < -0.3 is 20.5 Å². The standard InChI is InChI=1S/C19H17N3O4S/c1-25-12-7-8-15(26-2)11(9-12)10-16-18(24)22-19(27-16)21-14-6-4-3-5-13(14)17(20)23/h3-10H,1-2H3,(H2,20,23)(H,21,22,24)/b16-10-. The maximum atomic E-state index is 12.3. The molecule has 3 rings (SSSR count). The van der Waals surface area contributed by atoms with Crippen molar-refractivity contribution in [2.75, 3.05) is 14.2 Å². The third kappa shape index (κ3) is 4.12. The molecule has 0 atom stereocenters. The molecule has 0 spiro atoms. The van der Waals surface area contributed by atoms with Gasteiger partial charge in [-0.25, -0.2) is 4.99 Å². The maximum Gasteiger partial charge on any atom is 0.264 e. The summed E-state index contributed by atoms with van der Waals surface area (Å²) < 4.78 is 10.6. The van der Waals surface area contributed by atoms with Gasteiger partial charge in [0.2, 0.25) is 0 Å². The summed E-state index contributed by atoms with van der Waals surface area (Å²) in [5.41, 5.74) is 6.75. The quantitative estimate of drug-likeness (QED) is 0.773. The molecular weight excluding hydrogens is 366 g/mol. The number of amides is 2. The Bertz CT molecular complexity index is 969. The minimum absolute atomic E-state index is 0.284. The van der Waals surface area contributed by atoms with E-state index in [9.17, 15) is 9.59 Å². The van der Waals surface area contributed by atoms with Crippen LogP contribution in [0.4, 0.5) is 5.69 Å². The lowest BCUT2D eigenvalue weighted by atomic mass is 10.1. The summed E-state index contributed by atoms with van der Waals surface area (Å²) in [6.07, 6.45) is 1.70. The third-order valence-electron chi connectivity index (χ3n) is 3.77. The lowest BCUT2D eigenvalue weighted by molar-refractivity contribution is -0.115. The van der Waals surface area contributed by atoms with Crippen LogP contribution in [-0.2, 0) is 4.79 Å². The molecule has 0 aromatic heterocycles. The van der Waals surface area contributed by atoms with Gasteiger partial charge in [-0.1, -0.05) is 12.1 Å². The molecule has 1 heterocycles. The number of aliphatic imine (C=N–C) groups is 1. The smallest absolute Gasteiger partial charge is 0.264 e. The van der Waals surface area contributed by atoms with Gasteiger partial charge in [-0.15, -0.1) is 0 Å². The summed E-state index contributed by atoms with van der Waals surface area (Å²) in [6.45, 7) is 0. The molecule has 0 saturated carbocycles. The second kappa shape index (κ2) is 7.96. The van der Waals surface area contributed by atoms with E-state index in [-0.39, 0.29) is 11.5 Å². The largest absolute Gasteiger partial charge is 0.497 e. The van der Waals surface area contributed by atoms with Crippen LogP contribution in [0.2, 0.25) is 0 Å². The topological polar surface area (TPSA) is 103 Å². The Morgan fingerprint density at radius 3 is 2.67 bits per heavy atom. The Balaban J connectivity index is 1.93. The minimum atomic E-state index is -0.582. The van der Waals surface area contributed by atoms with Gasteiger partial charge in [0.25, 0.3) is 11.8 Å². The normalized spacial score (nSPS) is 16.4. The SMILES string of the molecule is COc1ccc(OC)c(/C=C2\SC(=Nc3ccccc3C(N)=O)NC2=O)c1. The molecule has 1 fully saturated rings. The highest BCUT2D eigenvalue weighted by molar-refractivity contribution is 8.18. The lowest BCUT2D eigenvalue weighted by Crippen LogP contribution is -2.19. The van der Waals surface area contributed by atoms with Crippen molar-refractivity contribution in [1.82, 2.24) is 5.32 Å². The average molecular weight is 383 g/mol. The molecule has 1 saturated heterocycles. The summed E-state index contributed by atoms with van der Waals surface area (Å²) in [7, 11) is 3.12. The number of carbonyl (C=O) groups is 2. The van der Waals surface area contributed by atoms with Crippen molar-refractivity contribution in [1.29, 1.82) is 0 Å². The van der Waals surface area contributed by atoms with Crippen LogP contribution in [0.3, 0.4) is 0 Å². The van der Waals surface area contributed by atoms with Gasteiger partial charge in [0, 0.05) is 5.56 Å². The number of thioether (sulfide) groups is 1. The summed E-state index contributed by atoms with van der Waals surface area (Å²) in [6, 6.07) is 12.0. The summed E-state index contributed by atoms with van der Waals surface area (Å²) in [4.78, 5) is 28.6. The first-order chi connectivity index (χ1) is 13.0. The average Bonchev–Trinajstić information content (AvgIpc) is 3.00. The lowest BCUT2D eigenvalue weighted by Gasteiger charge is -2.07. The number of ether oxygens (including phenoxy) is 2. The zero-order chi connectivity index (χ0) is 19.4. The summed E-state index contributed by atoms with van der Waals surface area (Å²) >= 11 is 1.16. The summed E-state index contributed by atoms with van der Waals surface area (Å²) in [5.74, 6) is 0.387. The van der Waals surface area contributed by atoms with E-state index in [1.807, 2.05) is 0 Å². The minimum Gasteiger partial charge on any atom is -0.497 e. The van der Waals surface area contributed by atoms with Crippen molar-refractivity contribution >= 4 is 40.5 Å². The highest BCUT2D eigenvalue weighted by Gasteiger charge is 2.25. The molecule has 0 unspecified atom stereocenters. The molecule has 2 amide bonds. The van der Waals surface area contributed by atoms with E-state index in [2.05, 4.69) is 10.3 Å². The van der Waals surface area contributed by atoms with E-state index in [1.165, 1.54) is 0 Å². The molecule has 3 N–H and O–H groups in total. The zero-order valence-corrected chi connectivity index (χ0v) is 15.5. The van der Waals surface area contributed by atoms with E-state index >= 15 is 0 Å². The molecule has 7 nitrogen and oxygen atoms in total. The van der Waals surface area contributed by atoms with Gasteiger partial charge in [0.1, 0.15) is 11.5 Å². The molecule has 2 aromatic rings. The number of para-hydroxylation sites is 1. The van der Waals surface area contributed by atoms with Crippen LogP contribution >= 0.6 is 11.8 Å². The highest BCUT2D eigenvalue weighted by atomic mass is 32.2. The summed E-state index contributed by atoms with van der Waals surface area (Å²) in [5, 5.41) is 3.05. The van der Waals surface area contributed by atoms with Crippen molar-refractivity contribution in [3.05, 3.63) is 58.5 Å². The Hall–Kier alpha value is -3.26. The molecule has 0 radical (unpaired) electrons. The van der Waals surface area contributed by atoms with Crippen molar-refractivity contribution < 1.29 is 19.1 Å². The number of amidine groups is 1. The van der Waals surface area contributed by atoms with Crippen LogP contribution in [0.5, 0.6) is 11.5 Å². The van der Waals surface area contributed by atoms with Crippen molar-refractivity contribution in [3.8, 4) is 11.5 Å². The Morgan fingerprint density at radius 2 is 1.96 bits per heavy atom. The number of hydrogen-bond acceptors (Lipinski definition) is 6. The van der Waals surface area contributed by atoms with E-state index in [1.54, 1.807) is 62.8 Å². The number of methoxy groups -OCH3 is 2. The van der Waals surface area contributed by atoms with E-state index in [0.29, 0.717) is 32.8 Å². The first-order valence-corrected chi connectivity index (χ1v) is 8.74. The Morgan fingerprint density at radius 1 is 1.19 bits per heavy atom. The molecule has 27 heavy (non-hydrogen) atoms. The van der Waals surface area contributed by atoms with E-state index < -0.39 is 5.91 Å². The number of nitrogens with two attached hydrogens (primary N) is 1. The molecule has 138 valence electrons. The number of rotatable bonds is 5. The molecule has 0 aliphatic carbocycles. The second-order valence-electron chi connectivity index (χ2n) is 5.47. The molecule has 8 heteroatoms. The number of carbonyl (C=O) groups excluding carboxylic acids is 2. The third-order valence-corrected chi connectivity index (χ3v) is 4.68. The molecular formula is C19H17N3O4S. The van der Waals surface area contributed by atoms with Gasteiger partial charge in [-0.2, -0.15) is 0 Å². The Labute approximate surface area is 160 Å². The second-order valence-corrected chi connectivity index (χ2v) is 6.50. The number of nitrogens with one attached hydrogen (secondary N) is 1. The predicted octanol–water partition coefficient (Wildman–Crippen LogP) is 2.69. The fourth-order valence-electron chi connectivity index (χ4n) is 2.46. The van der Waals surface area contributed by atoms with Gasteiger partial charge in [0.15, 0.2) is 5.17 Å². The number of nitrogens with zero attached hydrogens (tertiary/aromatic N) is 1. The molecule has 2 aromatic carbocycles. The van der Waals surface area contributed by atoms with Crippen LogP contribution < -0.4 is 20.5 Å². The van der Waals surface area contributed by atoms with E-state index in [0.717, 1.165) is 11.8 Å². The van der Waals surface area contributed by atoms with E-state index in [4.69, 9.17) is 15.2 Å². The van der Waals surface area contributed by atoms with Crippen LogP contribution in [-0.4, -0.2) is 31.2 Å². The first kappa shape index (κ1) is 18.5. The number of benzene rings is 2. The van der Waals surface area contributed by atoms with Gasteiger partial charge in [-0.3, -0.25) is 9.59 Å². The monoisotopic (exact) mass is 383 g/mol. The Kier molecular flexibility index (Phi) is 5.46. The number of hydrogen-bond donors (Lipinski definition) is 2. The van der Waals surface area contributed by atoms with Crippen LogP contribution in [0.25, 0.3) is 6.08 Å². The van der Waals surface area contributed by atoms with Gasteiger partial charge in [-0.05, 0) is 48.2 Å². The molecule has 1 aliphatic rings. The van der Waals surface area contributed by atoms with Crippen molar-refractivity contribution in [2.45, 2.75) is 0 Å². The van der Waals surface area contributed by atoms with Crippen LogP contribution in [0.1, 0.15) is 15.9 Å². The fourth-order valence-corrected chi connectivity index (χ4v) is 3.29. The van der Waals surface area contributed by atoms with Crippen molar-refractivity contribution in [2.24, 2.45) is 10.7 Å². The van der Waals surface area contributed by atoms with Gasteiger partial charge in [0.05, 0.1) is 30.4 Å². The number of primary amides is 1. The zero-order valence-electron chi connectivity index (χ0n) is 14.7. The van der Waals surface area contributed by atoms with Crippen LogP contribution in [0, 0.1) is 0 Å². The molecule has 1 aliphatic heterocycles. The highest BCUT2D eigenvalue weighted by Crippen LogP contribution is 2.32. The first-order valence-electron chi connectivity index (χ1n) is 7.92. The maximum absolute atomic E-state index is 12.3. The fraction of sp³-hybridized carbons (Fsp3) is 0.105. The van der Waals surface area contributed by atoms with Gasteiger partial charge >= 0.3 is 0 Å². The van der Waals surface area contributed by atoms with Crippen LogP contribution in [0.15, 0.2) is 52.4 Å². The predicted molar refractivity (Wildman–Crippen MR) is 105 cm³/mol. The molecule has 0 bridgehead atoms. The van der Waals surface area contributed by atoms with Crippen molar-refractivity contribution in [3.63, 3.8) is 0 Å².